The highest BCUT2D eigenvalue weighted by molar-refractivity contribution is 6.09. The number of para-hydroxylation sites is 3. The lowest BCUT2D eigenvalue weighted by atomic mass is 9.90. The van der Waals surface area contributed by atoms with Crippen LogP contribution < -0.4 is 0 Å². The summed E-state index contributed by atoms with van der Waals surface area (Å²) in [5.41, 5.74) is 10.4. The van der Waals surface area contributed by atoms with E-state index in [2.05, 4.69) is 54.6 Å². The molecule has 0 radical (unpaired) electrons. The van der Waals surface area contributed by atoms with Crippen molar-refractivity contribution in [2.45, 2.75) is 0 Å². The predicted octanol–water partition coefficient (Wildman–Crippen LogP) is 12.1. The number of hydrogen-bond acceptors (Lipinski definition) is 4. The molecule has 0 aliphatic rings. The third-order valence-corrected chi connectivity index (χ3v) is 9.20. The Morgan fingerprint density at radius 1 is 0.304 bits per heavy atom. The normalized spacial score (nSPS) is 12.0. The van der Waals surface area contributed by atoms with Crippen molar-refractivity contribution < 1.29 is 18.4 Å². The number of hydrogen-bond donors (Lipinski definition) is 1. The van der Waals surface area contributed by atoms with Gasteiger partial charge in [-0.3, -0.25) is 0 Å². The van der Waals surface area contributed by atoms with Gasteiger partial charge in [0.1, 0.15) is 39.2 Å². The molecule has 0 saturated carbocycles. The van der Waals surface area contributed by atoms with Crippen LogP contribution in [0.5, 0.6) is 5.75 Å². The van der Waals surface area contributed by atoms with E-state index in [1.807, 2.05) is 84.9 Å². The number of fused-ring (bicyclic) bond motifs is 9. The fourth-order valence-corrected chi connectivity index (χ4v) is 6.93. The van der Waals surface area contributed by atoms with Crippen molar-refractivity contribution in [1.82, 2.24) is 0 Å². The summed E-state index contributed by atoms with van der Waals surface area (Å²) in [6.45, 7) is 0. The molecule has 4 heteroatoms. The summed E-state index contributed by atoms with van der Waals surface area (Å²) >= 11 is 0. The smallest absolute Gasteiger partial charge is 0.135 e. The number of aromatic hydroxyl groups is 1. The predicted molar refractivity (Wildman–Crippen MR) is 186 cm³/mol. The zero-order chi connectivity index (χ0) is 30.4. The Balaban J connectivity index is 1.23. The first kappa shape index (κ1) is 25.1. The Bertz CT molecular complexity index is 2690. The molecule has 0 fully saturated rings. The molecular weight excluding hydrogens is 568 g/mol. The van der Waals surface area contributed by atoms with Gasteiger partial charge in [0.25, 0.3) is 0 Å². The molecule has 3 heterocycles. The number of phenols is 1. The van der Waals surface area contributed by atoms with Crippen LogP contribution in [0.25, 0.3) is 99.2 Å². The average molecular weight is 593 g/mol. The van der Waals surface area contributed by atoms with Crippen molar-refractivity contribution in [2.75, 3.05) is 0 Å². The van der Waals surface area contributed by atoms with E-state index in [1.165, 1.54) is 0 Å². The maximum absolute atomic E-state index is 12.1. The van der Waals surface area contributed by atoms with Crippen LogP contribution >= 0.6 is 0 Å². The van der Waals surface area contributed by atoms with Crippen molar-refractivity contribution in [3.05, 3.63) is 140 Å². The standard InChI is InChI=1S/C42H24O4/c43-42-31(25-14-17-40-34(20-25)29-8-2-5-11-37(29)45-40)22-27(24-13-16-39-33(19-24)28-7-1-4-10-36(28)44-39)23-32(42)26-15-18-41-35(21-26)30-9-3-6-12-38(30)46-41/h1-23,43H. The van der Waals surface area contributed by atoms with Gasteiger partial charge in [-0.05, 0) is 89.0 Å². The number of furan rings is 3. The zero-order valence-electron chi connectivity index (χ0n) is 24.5. The van der Waals surface area contributed by atoms with Crippen LogP contribution in [0.3, 0.4) is 0 Å². The average Bonchev–Trinajstić information content (AvgIpc) is 3.78. The molecule has 0 amide bonds. The number of benzene rings is 7. The van der Waals surface area contributed by atoms with E-state index in [-0.39, 0.29) is 5.75 Å². The minimum atomic E-state index is 0.220. The summed E-state index contributed by atoms with van der Waals surface area (Å²) in [5.74, 6) is 0.220. The van der Waals surface area contributed by atoms with Gasteiger partial charge in [0, 0.05) is 43.4 Å². The Labute approximate surface area is 262 Å². The molecule has 10 rings (SSSR count). The summed E-state index contributed by atoms with van der Waals surface area (Å²) in [5, 5.41) is 18.3. The van der Waals surface area contributed by atoms with E-state index in [0.29, 0.717) is 0 Å². The second-order valence-corrected chi connectivity index (χ2v) is 11.8. The van der Waals surface area contributed by atoms with Gasteiger partial charge >= 0.3 is 0 Å². The second kappa shape index (κ2) is 9.37. The monoisotopic (exact) mass is 592 g/mol. The number of phenolic OH excluding ortho intramolecular Hbond substituents is 1. The highest BCUT2D eigenvalue weighted by atomic mass is 16.3. The third kappa shape index (κ3) is 3.67. The SMILES string of the molecule is Oc1c(-c2ccc3oc4ccccc4c3c2)cc(-c2ccc3oc4ccccc4c3c2)cc1-c1ccc2oc3ccccc3c2c1. The van der Waals surface area contributed by atoms with Crippen LogP contribution in [0.4, 0.5) is 0 Å². The lowest BCUT2D eigenvalue weighted by Crippen LogP contribution is -1.89. The van der Waals surface area contributed by atoms with Gasteiger partial charge in [-0.15, -0.1) is 0 Å². The van der Waals surface area contributed by atoms with Gasteiger partial charge in [-0.1, -0.05) is 72.8 Å². The molecule has 0 atom stereocenters. The fraction of sp³-hybridized carbons (Fsp3) is 0. The van der Waals surface area contributed by atoms with Crippen LogP contribution in [0.1, 0.15) is 0 Å². The summed E-state index contributed by atoms with van der Waals surface area (Å²) in [6, 6.07) is 46.9. The Hall–Kier alpha value is -6.26. The Morgan fingerprint density at radius 2 is 0.652 bits per heavy atom. The molecule has 0 saturated heterocycles. The first-order valence-electron chi connectivity index (χ1n) is 15.3. The largest absolute Gasteiger partial charge is 0.507 e. The zero-order valence-corrected chi connectivity index (χ0v) is 24.5. The second-order valence-electron chi connectivity index (χ2n) is 11.8. The molecule has 1 N–H and O–H groups in total. The van der Waals surface area contributed by atoms with Crippen molar-refractivity contribution in [2.24, 2.45) is 0 Å². The van der Waals surface area contributed by atoms with Gasteiger partial charge in [0.2, 0.25) is 0 Å². The lowest BCUT2D eigenvalue weighted by Gasteiger charge is -2.15. The van der Waals surface area contributed by atoms with Gasteiger partial charge in [-0.25, -0.2) is 0 Å². The molecule has 3 aromatic heterocycles. The molecule has 4 nitrogen and oxygen atoms in total. The van der Waals surface area contributed by atoms with E-state index in [4.69, 9.17) is 13.3 Å². The fourth-order valence-electron chi connectivity index (χ4n) is 6.93. The highest BCUT2D eigenvalue weighted by Gasteiger charge is 2.19. The lowest BCUT2D eigenvalue weighted by molar-refractivity contribution is 0.479. The van der Waals surface area contributed by atoms with Crippen molar-refractivity contribution in [3.8, 4) is 39.1 Å². The van der Waals surface area contributed by atoms with Crippen LogP contribution in [0, 0.1) is 0 Å². The first-order chi connectivity index (χ1) is 22.7. The number of rotatable bonds is 3. The van der Waals surface area contributed by atoms with E-state index in [1.54, 1.807) is 0 Å². The van der Waals surface area contributed by atoms with Crippen molar-refractivity contribution in [1.29, 1.82) is 0 Å². The summed E-state index contributed by atoms with van der Waals surface area (Å²) in [7, 11) is 0. The minimum absolute atomic E-state index is 0.220. The highest BCUT2D eigenvalue weighted by Crippen LogP contribution is 2.45. The molecular formula is C42H24O4. The molecule has 7 aromatic carbocycles. The Morgan fingerprint density at radius 3 is 1.09 bits per heavy atom. The van der Waals surface area contributed by atoms with Crippen molar-refractivity contribution in [3.63, 3.8) is 0 Å². The molecule has 0 aliphatic heterocycles. The van der Waals surface area contributed by atoms with Crippen LogP contribution in [0.15, 0.2) is 153 Å². The van der Waals surface area contributed by atoms with Crippen LogP contribution in [-0.4, -0.2) is 5.11 Å². The van der Waals surface area contributed by atoms with Gasteiger partial charge in [0.15, 0.2) is 0 Å². The maximum Gasteiger partial charge on any atom is 0.135 e. The molecule has 0 unspecified atom stereocenters. The summed E-state index contributed by atoms with van der Waals surface area (Å²) < 4.78 is 18.4. The quantitative estimate of drug-likeness (QED) is 0.222. The van der Waals surface area contributed by atoms with Gasteiger partial charge in [0.05, 0.1) is 0 Å². The van der Waals surface area contributed by atoms with Gasteiger partial charge in [-0.2, -0.15) is 0 Å². The Kier molecular flexibility index (Phi) is 5.11. The minimum Gasteiger partial charge on any atom is -0.507 e. The van der Waals surface area contributed by atoms with Gasteiger partial charge < -0.3 is 18.4 Å². The first-order valence-corrected chi connectivity index (χ1v) is 15.3. The molecule has 0 bridgehead atoms. The van der Waals surface area contributed by atoms with Crippen molar-refractivity contribution >= 4 is 65.8 Å². The van der Waals surface area contributed by atoms with E-state index < -0.39 is 0 Å². The molecule has 46 heavy (non-hydrogen) atoms. The molecule has 0 spiro atoms. The van der Waals surface area contributed by atoms with Crippen LogP contribution in [-0.2, 0) is 0 Å². The summed E-state index contributed by atoms with van der Waals surface area (Å²) in [6.07, 6.45) is 0. The van der Waals surface area contributed by atoms with E-state index >= 15 is 0 Å². The van der Waals surface area contributed by atoms with E-state index in [9.17, 15) is 5.11 Å². The third-order valence-electron chi connectivity index (χ3n) is 9.20. The molecule has 0 aliphatic carbocycles. The summed E-state index contributed by atoms with van der Waals surface area (Å²) in [4.78, 5) is 0. The maximum atomic E-state index is 12.1. The van der Waals surface area contributed by atoms with Crippen LogP contribution in [0.2, 0.25) is 0 Å². The molecule has 216 valence electrons. The van der Waals surface area contributed by atoms with E-state index in [0.717, 1.165) is 99.2 Å². The molecule has 10 aromatic rings. The topological polar surface area (TPSA) is 59.7 Å².